The fourth-order valence-corrected chi connectivity index (χ4v) is 4.30. The molecule has 1 aromatic heterocycles. The summed E-state index contributed by atoms with van der Waals surface area (Å²) in [4.78, 5) is 29.3. The Morgan fingerprint density at radius 3 is 1.97 bits per heavy atom. The highest BCUT2D eigenvalue weighted by Gasteiger charge is 2.27. The van der Waals surface area contributed by atoms with Gasteiger partial charge in [-0.3, -0.25) is 9.59 Å². The largest absolute Gasteiger partial charge is 0.368 e. The number of ketones is 1. The van der Waals surface area contributed by atoms with Crippen LogP contribution >= 0.6 is 0 Å². The molecule has 0 bridgehead atoms. The summed E-state index contributed by atoms with van der Waals surface area (Å²) in [5, 5.41) is 4.78. The van der Waals surface area contributed by atoms with Crippen LogP contribution in [0, 0.1) is 0 Å². The third-order valence-electron chi connectivity index (χ3n) is 6.22. The Kier molecular flexibility index (Phi) is 5.95. The van der Waals surface area contributed by atoms with Crippen LogP contribution in [0.3, 0.4) is 0 Å². The first kappa shape index (κ1) is 21.6. The van der Waals surface area contributed by atoms with Gasteiger partial charge in [-0.1, -0.05) is 48.5 Å². The molecule has 4 aromatic rings. The fraction of sp³-hybridized carbons (Fsp3) is 0.179. The molecule has 0 aliphatic carbocycles. The van der Waals surface area contributed by atoms with Gasteiger partial charge in [0.05, 0.1) is 11.3 Å². The molecule has 0 N–H and O–H groups in total. The lowest BCUT2D eigenvalue weighted by Crippen LogP contribution is -2.48. The molecule has 1 fully saturated rings. The summed E-state index contributed by atoms with van der Waals surface area (Å²) < 4.78 is 1.78. The molecule has 3 aromatic carbocycles. The van der Waals surface area contributed by atoms with Gasteiger partial charge in [-0.2, -0.15) is 5.10 Å². The zero-order valence-electron chi connectivity index (χ0n) is 19.1. The Morgan fingerprint density at radius 2 is 1.35 bits per heavy atom. The minimum atomic E-state index is -0.00684. The van der Waals surface area contributed by atoms with Gasteiger partial charge in [0.15, 0.2) is 5.78 Å². The molecule has 0 radical (unpaired) electrons. The van der Waals surface area contributed by atoms with Crippen molar-refractivity contribution in [2.24, 2.45) is 0 Å². The van der Waals surface area contributed by atoms with Crippen molar-refractivity contribution < 1.29 is 9.59 Å². The number of rotatable bonds is 5. The Hall–Kier alpha value is -4.19. The smallest absolute Gasteiger partial charge is 0.257 e. The summed E-state index contributed by atoms with van der Waals surface area (Å²) in [6, 6.07) is 27.4. The van der Waals surface area contributed by atoms with Gasteiger partial charge in [-0.15, -0.1) is 0 Å². The van der Waals surface area contributed by atoms with Crippen molar-refractivity contribution in [3.8, 4) is 16.9 Å². The lowest BCUT2D eigenvalue weighted by Gasteiger charge is -2.36. The topological polar surface area (TPSA) is 58.4 Å². The van der Waals surface area contributed by atoms with E-state index < -0.39 is 0 Å². The molecule has 6 heteroatoms. The van der Waals surface area contributed by atoms with E-state index in [2.05, 4.69) is 4.90 Å². The van der Waals surface area contributed by atoms with E-state index in [1.807, 2.05) is 96.0 Å². The molecule has 170 valence electrons. The average Bonchev–Trinajstić information content (AvgIpc) is 3.35. The van der Waals surface area contributed by atoms with E-state index in [9.17, 15) is 9.59 Å². The standard InChI is InChI=1S/C28H26N4O2/c1-21(33)22-12-14-24(15-13-22)30-16-18-31(19-17-30)28(34)26-20-32(25-10-6-3-7-11-25)29-27(26)23-8-4-2-5-9-23/h2-15,20H,16-19H2,1H3. The minimum Gasteiger partial charge on any atom is -0.368 e. The summed E-state index contributed by atoms with van der Waals surface area (Å²) in [6.07, 6.45) is 1.84. The number of carbonyl (C=O) groups excluding carboxylic acids is 2. The van der Waals surface area contributed by atoms with Gasteiger partial charge in [-0.05, 0) is 43.3 Å². The zero-order chi connectivity index (χ0) is 23.5. The van der Waals surface area contributed by atoms with Crippen molar-refractivity contribution in [3.63, 3.8) is 0 Å². The van der Waals surface area contributed by atoms with Crippen molar-refractivity contribution in [1.29, 1.82) is 0 Å². The van der Waals surface area contributed by atoms with Crippen LogP contribution in [0.15, 0.2) is 91.1 Å². The second kappa shape index (κ2) is 9.35. The SMILES string of the molecule is CC(=O)c1ccc(N2CCN(C(=O)c3cn(-c4ccccc4)nc3-c3ccccc3)CC2)cc1. The first-order valence-electron chi connectivity index (χ1n) is 11.5. The first-order chi connectivity index (χ1) is 16.6. The molecular weight excluding hydrogens is 424 g/mol. The van der Waals surface area contributed by atoms with E-state index in [1.54, 1.807) is 11.6 Å². The summed E-state index contributed by atoms with van der Waals surface area (Å²) in [6.45, 7) is 4.29. The van der Waals surface area contributed by atoms with Gasteiger partial charge >= 0.3 is 0 Å². The maximum atomic E-state index is 13.6. The van der Waals surface area contributed by atoms with Gasteiger partial charge in [0, 0.05) is 49.2 Å². The van der Waals surface area contributed by atoms with Crippen molar-refractivity contribution in [2.75, 3.05) is 31.1 Å². The number of carbonyl (C=O) groups is 2. The second-order valence-electron chi connectivity index (χ2n) is 8.42. The molecule has 0 unspecified atom stereocenters. The van der Waals surface area contributed by atoms with E-state index in [0.717, 1.165) is 30.0 Å². The van der Waals surface area contributed by atoms with Crippen molar-refractivity contribution in [1.82, 2.24) is 14.7 Å². The molecular formula is C28H26N4O2. The van der Waals surface area contributed by atoms with Crippen LogP contribution in [0.5, 0.6) is 0 Å². The van der Waals surface area contributed by atoms with Crippen LogP contribution in [-0.4, -0.2) is 52.5 Å². The predicted octanol–water partition coefficient (Wildman–Crippen LogP) is 4.70. The number of anilines is 1. The molecule has 0 saturated carbocycles. The predicted molar refractivity (Wildman–Crippen MR) is 134 cm³/mol. The zero-order valence-corrected chi connectivity index (χ0v) is 19.1. The Morgan fingerprint density at radius 1 is 0.735 bits per heavy atom. The van der Waals surface area contributed by atoms with Crippen molar-refractivity contribution >= 4 is 17.4 Å². The van der Waals surface area contributed by atoms with E-state index in [4.69, 9.17) is 5.10 Å². The molecule has 5 rings (SSSR count). The maximum absolute atomic E-state index is 13.6. The summed E-state index contributed by atoms with van der Waals surface area (Å²) in [7, 11) is 0. The molecule has 6 nitrogen and oxygen atoms in total. The fourth-order valence-electron chi connectivity index (χ4n) is 4.30. The van der Waals surface area contributed by atoms with Crippen LogP contribution < -0.4 is 4.90 Å². The molecule has 1 amide bonds. The molecule has 1 aliphatic rings. The van der Waals surface area contributed by atoms with E-state index in [1.165, 1.54) is 0 Å². The molecule has 34 heavy (non-hydrogen) atoms. The highest BCUT2D eigenvalue weighted by atomic mass is 16.2. The number of nitrogens with zero attached hydrogens (tertiary/aromatic N) is 4. The monoisotopic (exact) mass is 450 g/mol. The molecule has 1 aliphatic heterocycles. The Bertz CT molecular complexity index is 1290. The van der Waals surface area contributed by atoms with Crippen LogP contribution in [-0.2, 0) is 0 Å². The molecule has 0 spiro atoms. The van der Waals surface area contributed by atoms with E-state index >= 15 is 0 Å². The summed E-state index contributed by atoms with van der Waals surface area (Å²) >= 11 is 0. The average molecular weight is 451 g/mol. The third-order valence-corrected chi connectivity index (χ3v) is 6.22. The number of Topliss-reactive ketones (excluding diaryl/α,β-unsaturated/α-hetero) is 1. The van der Waals surface area contributed by atoms with Crippen LogP contribution in [0.1, 0.15) is 27.6 Å². The van der Waals surface area contributed by atoms with Gasteiger partial charge in [0.1, 0.15) is 5.69 Å². The van der Waals surface area contributed by atoms with E-state index in [-0.39, 0.29) is 11.7 Å². The number of aromatic nitrogens is 2. The number of hydrogen-bond acceptors (Lipinski definition) is 4. The van der Waals surface area contributed by atoms with Gasteiger partial charge in [-0.25, -0.2) is 4.68 Å². The van der Waals surface area contributed by atoms with Crippen LogP contribution in [0.4, 0.5) is 5.69 Å². The Balaban J connectivity index is 1.37. The first-order valence-corrected chi connectivity index (χ1v) is 11.5. The number of benzene rings is 3. The quantitative estimate of drug-likeness (QED) is 0.414. The van der Waals surface area contributed by atoms with Gasteiger partial charge < -0.3 is 9.80 Å². The van der Waals surface area contributed by atoms with Crippen LogP contribution in [0.2, 0.25) is 0 Å². The molecule has 2 heterocycles. The molecule has 1 saturated heterocycles. The van der Waals surface area contributed by atoms with Crippen LogP contribution in [0.25, 0.3) is 16.9 Å². The second-order valence-corrected chi connectivity index (χ2v) is 8.42. The van der Waals surface area contributed by atoms with Crippen molar-refractivity contribution in [3.05, 3.63) is 102 Å². The normalized spacial score (nSPS) is 13.7. The minimum absolute atomic E-state index is 0.00684. The number of hydrogen-bond donors (Lipinski definition) is 0. The van der Waals surface area contributed by atoms with E-state index in [0.29, 0.717) is 29.9 Å². The lowest BCUT2D eigenvalue weighted by atomic mass is 10.1. The summed E-state index contributed by atoms with van der Waals surface area (Å²) in [5.41, 5.74) is 4.91. The van der Waals surface area contributed by atoms with Gasteiger partial charge in [0.2, 0.25) is 0 Å². The molecule has 0 atom stereocenters. The highest BCUT2D eigenvalue weighted by molar-refractivity contribution is 6.00. The maximum Gasteiger partial charge on any atom is 0.257 e. The summed E-state index contributed by atoms with van der Waals surface area (Å²) in [5.74, 6) is 0.0554. The number of para-hydroxylation sites is 1. The number of amides is 1. The third kappa shape index (κ3) is 4.35. The van der Waals surface area contributed by atoms with Gasteiger partial charge in [0.25, 0.3) is 5.91 Å². The van der Waals surface area contributed by atoms with Crippen molar-refractivity contribution in [2.45, 2.75) is 6.92 Å². The lowest BCUT2D eigenvalue weighted by molar-refractivity contribution is 0.0747. The number of piperazine rings is 1. The highest BCUT2D eigenvalue weighted by Crippen LogP contribution is 2.26. The Labute approximate surface area is 199 Å².